The van der Waals surface area contributed by atoms with Crippen LogP contribution in [0.3, 0.4) is 0 Å². The summed E-state index contributed by atoms with van der Waals surface area (Å²) in [6.07, 6.45) is 0. The van der Waals surface area contributed by atoms with E-state index >= 15 is 0 Å². The number of nitrogens with zero attached hydrogens (tertiary/aromatic N) is 1. The molecule has 1 aromatic heterocycles. The number of anilines is 1. The molecule has 0 aromatic carbocycles. The standard InChI is InChI=1S/C12H18N4O4/c1-4-13-9(17)6-16(3)12(20)15-8-5-7(2)14-10(8)11(18)19/h5,14H,4,6H2,1-3H3,(H,13,17)(H,15,20)(H,18,19). The summed E-state index contributed by atoms with van der Waals surface area (Å²) >= 11 is 0. The number of H-pyrrole nitrogens is 1. The molecule has 0 radical (unpaired) electrons. The van der Waals surface area contributed by atoms with Crippen molar-refractivity contribution >= 4 is 23.6 Å². The van der Waals surface area contributed by atoms with Gasteiger partial charge in [-0.1, -0.05) is 0 Å². The van der Waals surface area contributed by atoms with E-state index < -0.39 is 12.0 Å². The zero-order chi connectivity index (χ0) is 15.3. The number of carboxylic acids is 1. The number of carbonyl (C=O) groups excluding carboxylic acids is 2. The van der Waals surface area contributed by atoms with Crippen LogP contribution in [0.2, 0.25) is 0 Å². The average Bonchev–Trinajstić information content (AvgIpc) is 2.70. The molecular formula is C12H18N4O4. The minimum absolute atomic E-state index is 0.0951. The Morgan fingerprint density at radius 2 is 2.05 bits per heavy atom. The molecule has 0 saturated heterocycles. The lowest BCUT2D eigenvalue weighted by Gasteiger charge is -2.17. The van der Waals surface area contributed by atoms with Crippen LogP contribution in [0.4, 0.5) is 10.5 Å². The minimum atomic E-state index is -1.17. The highest BCUT2D eigenvalue weighted by Crippen LogP contribution is 2.17. The fraction of sp³-hybridized carbons (Fsp3) is 0.417. The maximum absolute atomic E-state index is 11.9. The summed E-state index contributed by atoms with van der Waals surface area (Å²) < 4.78 is 0. The van der Waals surface area contributed by atoms with Gasteiger partial charge >= 0.3 is 12.0 Å². The van der Waals surface area contributed by atoms with Gasteiger partial charge in [0.15, 0.2) is 0 Å². The summed E-state index contributed by atoms with van der Waals surface area (Å²) in [4.78, 5) is 38.0. The number of hydrogen-bond acceptors (Lipinski definition) is 3. The molecule has 8 nitrogen and oxygen atoms in total. The summed E-state index contributed by atoms with van der Waals surface area (Å²) in [7, 11) is 1.45. The first-order valence-corrected chi connectivity index (χ1v) is 6.06. The first-order valence-electron chi connectivity index (χ1n) is 6.06. The second-order valence-electron chi connectivity index (χ2n) is 4.29. The van der Waals surface area contributed by atoms with Crippen LogP contribution in [-0.4, -0.2) is 53.0 Å². The van der Waals surface area contributed by atoms with E-state index in [0.717, 1.165) is 0 Å². The molecule has 0 spiro atoms. The molecule has 110 valence electrons. The van der Waals surface area contributed by atoms with E-state index in [1.54, 1.807) is 13.8 Å². The van der Waals surface area contributed by atoms with Crippen LogP contribution in [0.1, 0.15) is 23.1 Å². The van der Waals surface area contributed by atoms with Gasteiger partial charge in [-0.25, -0.2) is 9.59 Å². The number of aryl methyl sites for hydroxylation is 1. The number of carboxylic acid groups (broad SMARTS) is 1. The van der Waals surface area contributed by atoms with E-state index in [-0.39, 0.29) is 23.8 Å². The molecule has 0 fully saturated rings. The molecule has 0 atom stereocenters. The summed E-state index contributed by atoms with van der Waals surface area (Å²) in [5.41, 5.74) is 0.689. The Bertz CT molecular complexity index is 524. The fourth-order valence-corrected chi connectivity index (χ4v) is 1.61. The van der Waals surface area contributed by atoms with E-state index in [0.29, 0.717) is 12.2 Å². The number of aromatic amines is 1. The lowest BCUT2D eigenvalue weighted by atomic mass is 10.3. The van der Waals surface area contributed by atoms with Crippen molar-refractivity contribution < 1.29 is 19.5 Å². The van der Waals surface area contributed by atoms with Crippen molar-refractivity contribution in [3.05, 3.63) is 17.5 Å². The molecule has 4 N–H and O–H groups in total. The molecule has 1 rings (SSSR count). The van der Waals surface area contributed by atoms with Gasteiger partial charge in [0.05, 0.1) is 5.69 Å². The molecule has 8 heteroatoms. The number of rotatable bonds is 5. The van der Waals surface area contributed by atoms with Gasteiger partial charge in [0.25, 0.3) is 0 Å². The highest BCUT2D eigenvalue weighted by molar-refractivity contribution is 5.99. The van der Waals surface area contributed by atoms with Gasteiger partial charge in [0, 0.05) is 19.3 Å². The van der Waals surface area contributed by atoms with Crippen LogP contribution in [0, 0.1) is 6.92 Å². The predicted octanol–water partition coefficient (Wildman–Crippen LogP) is 0.621. The van der Waals surface area contributed by atoms with Crippen LogP contribution in [0.25, 0.3) is 0 Å². The molecule has 1 heterocycles. The second kappa shape index (κ2) is 6.60. The van der Waals surface area contributed by atoms with E-state index in [2.05, 4.69) is 15.6 Å². The van der Waals surface area contributed by atoms with Crippen molar-refractivity contribution in [3.8, 4) is 0 Å². The molecule has 0 unspecified atom stereocenters. The summed E-state index contributed by atoms with van der Waals surface area (Å²) in [6.45, 7) is 3.83. The van der Waals surface area contributed by atoms with E-state index in [4.69, 9.17) is 5.11 Å². The zero-order valence-electron chi connectivity index (χ0n) is 11.6. The van der Waals surface area contributed by atoms with Crippen molar-refractivity contribution in [2.24, 2.45) is 0 Å². The lowest BCUT2D eigenvalue weighted by Crippen LogP contribution is -2.40. The van der Waals surface area contributed by atoms with Crippen molar-refractivity contribution in [1.29, 1.82) is 0 Å². The topological polar surface area (TPSA) is 115 Å². The molecule has 1 aromatic rings. The number of likely N-dealkylation sites (N-methyl/N-ethyl adjacent to an activating group) is 2. The number of hydrogen-bond donors (Lipinski definition) is 4. The van der Waals surface area contributed by atoms with Gasteiger partial charge < -0.3 is 25.6 Å². The highest BCUT2D eigenvalue weighted by atomic mass is 16.4. The van der Waals surface area contributed by atoms with Crippen molar-refractivity contribution in [1.82, 2.24) is 15.2 Å². The maximum Gasteiger partial charge on any atom is 0.354 e. The predicted molar refractivity (Wildman–Crippen MR) is 72.8 cm³/mol. The smallest absolute Gasteiger partial charge is 0.354 e. The zero-order valence-corrected chi connectivity index (χ0v) is 11.6. The molecule has 0 aliphatic heterocycles. The Morgan fingerprint density at radius 1 is 1.40 bits per heavy atom. The monoisotopic (exact) mass is 282 g/mol. The van der Waals surface area contributed by atoms with Gasteiger partial charge in [0.1, 0.15) is 12.2 Å². The van der Waals surface area contributed by atoms with Crippen LogP contribution >= 0.6 is 0 Å². The number of carbonyl (C=O) groups is 3. The molecule has 0 aliphatic rings. The summed E-state index contributed by atoms with van der Waals surface area (Å²) in [6, 6.07) is 0.958. The fourth-order valence-electron chi connectivity index (χ4n) is 1.61. The number of nitrogens with one attached hydrogen (secondary N) is 3. The number of urea groups is 1. The maximum atomic E-state index is 11.9. The third-order valence-electron chi connectivity index (χ3n) is 2.51. The highest BCUT2D eigenvalue weighted by Gasteiger charge is 2.18. The van der Waals surface area contributed by atoms with Crippen molar-refractivity contribution in [2.45, 2.75) is 13.8 Å². The largest absolute Gasteiger partial charge is 0.477 e. The Balaban J connectivity index is 2.70. The van der Waals surface area contributed by atoms with Crippen LogP contribution in [0.5, 0.6) is 0 Å². The average molecular weight is 282 g/mol. The van der Waals surface area contributed by atoms with Gasteiger partial charge in [-0.3, -0.25) is 4.79 Å². The number of amides is 3. The molecule has 0 bridgehead atoms. The van der Waals surface area contributed by atoms with Gasteiger partial charge in [-0.15, -0.1) is 0 Å². The van der Waals surface area contributed by atoms with Crippen molar-refractivity contribution in [3.63, 3.8) is 0 Å². The van der Waals surface area contributed by atoms with Gasteiger partial charge in [-0.05, 0) is 19.9 Å². The first kappa shape index (κ1) is 15.5. The van der Waals surface area contributed by atoms with Crippen LogP contribution < -0.4 is 10.6 Å². The van der Waals surface area contributed by atoms with E-state index in [9.17, 15) is 14.4 Å². The number of aromatic carboxylic acids is 1. The van der Waals surface area contributed by atoms with Gasteiger partial charge in [0.2, 0.25) is 5.91 Å². The Morgan fingerprint density at radius 3 is 2.60 bits per heavy atom. The van der Waals surface area contributed by atoms with E-state index in [1.807, 2.05) is 0 Å². The Kier molecular flexibility index (Phi) is 5.13. The van der Waals surface area contributed by atoms with Crippen LogP contribution in [0.15, 0.2) is 6.07 Å². The quantitative estimate of drug-likeness (QED) is 0.633. The second-order valence-corrected chi connectivity index (χ2v) is 4.29. The summed E-state index contributed by atoms with van der Waals surface area (Å²) in [5.74, 6) is -1.45. The lowest BCUT2D eigenvalue weighted by molar-refractivity contribution is -0.121. The van der Waals surface area contributed by atoms with E-state index in [1.165, 1.54) is 18.0 Å². The molecular weight excluding hydrogens is 264 g/mol. The van der Waals surface area contributed by atoms with Crippen LogP contribution in [-0.2, 0) is 4.79 Å². The molecule has 20 heavy (non-hydrogen) atoms. The molecule has 0 aliphatic carbocycles. The Labute approximate surface area is 116 Å². The third-order valence-corrected chi connectivity index (χ3v) is 2.51. The van der Waals surface area contributed by atoms with Crippen molar-refractivity contribution in [2.75, 3.05) is 25.5 Å². The summed E-state index contributed by atoms with van der Waals surface area (Å²) in [5, 5.41) is 14.0. The first-order chi connectivity index (χ1) is 9.35. The molecule has 3 amide bonds. The third kappa shape index (κ3) is 4.01. The SMILES string of the molecule is CCNC(=O)CN(C)C(=O)Nc1cc(C)[nH]c1C(=O)O. The Hall–Kier alpha value is -2.51. The normalized spacial score (nSPS) is 9.95. The number of aromatic nitrogens is 1. The van der Waals surface area contributed by atoms with Gasteiger partial charge in [-0.2, -0.15) is 0 Å². The molecule has 0 saturated carbocycles. The minimum Gasteiger partial charge on any atom is -0.477 e.